The summed E-state index contributed by atoms with van der Waals surface area (Å²) in [6.07, 6.45) is 1.66. The van der Waals surface area contributed by atoms with Crippen molar-refractivity contribution in [2.75, 3.05) is 5.73 Å². The molecule has 2 aromatic heterocycles. The van der Waals surface area contributed by atoms with Crippen LogP contribution in [0.25, 0.3) is 22.1 Å². The molecule has 0 atom stereocenters. The van der Waals surface area contributed by atoms with Crippen molar-refractivity contribution in [1.29, 1.82) is 0 Å². The van der Waals surface area contributed by atoms with Crippen molar-refractivity contribution in [3.05, 3.63) is 23.5 Å². The molecule has 0 saturated heterocycles. The van der Waals surface area contributed by atoms with Crippen molar-refractivity contribution >= 4 is 28.0 Å². The molecular weight excluding hydrogens is 214 g/mol. The molecule has 0 bridgehead atoms. The van der Waals surface area contributed by atoms with E-state index in [1.807, 2.05) is 13.8 Å². The molecule has 3 aromatic rings. The van der Waals surface area contributed by atoms with Crippen molar-refractivity contribution < 1.29 is 4.11 Å². The third-order valence-corrected chi connectivity index (χ3v) is 2.78. The van der Waals surface area contributed by atoms with E-state index in [-0.39, 0.29) is 5.95 Å². The highest BCUT2D eigenvalue weighted by molar-refractivity contribution is 6.02. The van der Waals surface area contributed by atoms with E-state index in [2.05, 4.69) is 15.0 Å². The maximum Gasteiger partial charge on any atom is 0.201 e. The van der Waals surface area contributed by atoms with Gasteiger partial charge in [-0.2, -0.15) is 0 Å². The predicted octanol–water partition coefficient (Wildman–Crippen LogP) is 1.72. The Morgan fingerprint density at radius 1 is 1.29 bits per heavy atom. The summed E-state index contributed by atoms with van der Waals surface area (Å²) in [5, 5.41) is 0. The van der Waals surface area contributed by atoms with Gasteiger partial charge in [0.2, 0.25) is 5.95 Å². The monoisotopic (exact) mass is 230 g/mol. The SMILES string of the molecule is [2H]C([2H])([2H])n1c(N)nc2c3nc(C)cnc3cc(C)c21. The molecule has 5 nitrogen and oxygen atoms in total. The smallest absolute Gasteiger partial charge is 0.201 e. The molecule has 0 amide bonds. The fraction of sp³-hybridized carbons (Fsp3) is 0.250. The second kappa shape index (κ2) is 3.16. The summed E-state index contributed by atoms with van der Waals surface area (Å²) in [5.41, 5.74) is 9.48. The van der Waals surface area contributed by atoms with Crippen LogP contribution in [0.15, 0.2) is 12.3 Å². The molecule has 0 radical (unpaired) electrons. The molecule has 3 rings (SSSR count). The Morgan fingerprint density at radius 3 is 2.88 bits per heavy atom. The Hall–Kier alpha value is -2.17. The first-order chi connectivity index (χ1) is 9.29. The van der Waals surface area contributed by atoms with Crippen molar-refractivity contribution in [3.63, 3.8) is 0 Å². The molecule has 2 heterocycles. The number of aryl methyl sites for hydroxylation is 3. The van der Waals surface area contributed by atoms with Crippen LogP contribution in [0.2, 0.25) is 0 Å². The first-order valence-electron chi connectivity index (χ1n) is 6.70. The van der Waals surface area contributed by atoms with Crippen LogP contribution in [-0.4, -0.2) is 19.5 Å². The number of fused-ring (bicyclic) bond motifs is 3. The summed E-state index contributed by atoms with van der Waals surface area (Å²) in [6.45, 7) is 1.25. The maximum absolute atomic E-state index is 7.60. The maximum atomic E-state index is 7.60. The van der Waals surface area contributed by atoms with Crippen LogP contribution in [0.1, 0.15) is 15.4 Å². The minimum atomic E-state index is -2.38. The van der Waals surface area contributed by atoms with Crippen LogP contribution >= 0.6 is 0 Å². The molecule has 86 valence electrons. The van der Waals surface area contributed by atoms with E-state index in [9.17, 15) is 0 Å². The summed E-state index contributed by atoms with van der Waals surface area (Å²) in [7, 11) is 0. The van der Waals surface area contributed by atoms with Gasteiger partial charge in [0.05, 0.1) is 16.7 Å². The van der Waals surface area contributed by atoms with Crippen LogP contribution in [0.3, 0.4) is 0 Å². The number of nitrogens with zero attached hydrogens (tertiary/aromatic N) is 4. The zero-order chi connectivity index (χ0) is 14.7. The average Bonchev–Trinajstić information content (AvgIpc) is 2.68. The van der Waals surface area contributed by atoms with Gasteiger partial charge >= 0.3 is 0 Å². The van der Waals surface area contributed by atoms with E-state index in [1.165, 1.54) is 0 Å². The molecule has 0 aliphatic rings. The molecule has 0 aliphatic carbocycles. The standard InChI is InChI=1S/C12H13N5/c1-6-4-8-9(15-7(2)5-14-8)10-11(6)17(3)12(13)16-10/h4-5H,1-3H3,(H2,13,16)/i3D3. The highest BCUT2D eigenvalue weighted by Crippen LogP contribution is 2.26. The molecule has 0 fully saturated rings. The number of anilines is 1. The lowest BCUT2D eigenvalue weighted by Crippen LogP contribution is -1.97. The predicted molar refractivity (Wildman–Crippen MR) is 67.7 cm³/mol. The Kier molecular flexibility index (Phi) is 1.34. The highest BCUT2D eigenvalue weighted by Gasteiger charge is 2.13. The Morgan fingerprint density at radius 2 is 2.12 bits per heavy atom. The molecule has 0 spiro atoms. The van der Waals surface area contributed by atoms with Gasteiger partial charge in [0.25, 0.3) is 0 Å². The molecular formula is C12H13N5. The van der Waals surface area contributed by atoms with Gasteiger partial charge in [-0.05, 0) is 25.5 Å². The number of hydrogen-bond acceptors (Lipinski definition) is 4. The molecule has 1 aromatic carbocycles. The van der Waals surface area contributed by atoms with Gasteiger partial charge in [-0.25, -0.2) is 9.97 Å². The van der Waals surface area contributed by atoms with Crippen LogP contribution in [0.5, 0.6) is 0 Å². The minimum absolute atomic E-state index is 0.0427. The Labute approximate surface area is 103 Å². The molecule has 2 N–H and O–H groups in total. The lowest BCUT2D eigenvalue weighted by Gasteiger charge is -2.03. The number of nitrogens with two attached hydrogens (primary N) is 1. The summed E-state index contributed by atoms with van der Waals surface area (Å²) >= 11 is 0. The zero-order valence-electron chi connectivity index (χ0n) is 12.5. The summed E-state index contributed by atoms with van der Waals surface area (Å²) in [5.74, 6) is -0.0427. The van der Waals surface area contributed by atoms with Crippen molar-refractivity contribution in [3.8, 4) is 0 Å². The minimum Gasteiger partial charge on any atom is -0.369 e. The van der Waals surface area contributed by atoms with Crippen molar-refractivity contribution in [2.24, 2.45) is 6.98 Å². The van der Waals surface area contributed by atoms with E-state index < -0.39 is 6.98 Å². The lowest BCUT2D eigenvalue weighted by atomic mass is 10.1. The second-order valence-corrected chi connectivity index (χ2v) is 4.08. The van der Waals surface area contributed by atoms with E-state index >= 15 is 0 Å². The first-order valence-corrected chi connectivity index (χ1v) is 5.20. The number of hydrogen-bond donors (Lipinski definition) is 1. The van der Waals surface area contributed by atoms with Gasteiger partial charge in [-0.3, -0.25) is 4.98 Å². The number of benzene rings is 1. The van der Waals surface area contributed by atoms with Crippen molar-refractivity contribution in [1.82, 2.24) is 19.5 Å². The Balaban J connectivity index is 2.56. The van der Waals surface area contributed by atoms with Crippen molar-refractivity contribution in [2.45, 2.75) is 13.8 Å². The normalized spacial score (nSPS) is 14.8. The molecule has 17 heavy (non-hydrogen) atoms. The topological polar surface area (TPSA) is 69.6 Å². The summed E-state index contributed by atoms with van der Waals surface area (Å²) < 4.78 is 23.9. The van der Waals surface area contributed by atoms with Gasteiger partial charge < -0.3 is 10.3 Å². The van der Waals surface area contributed by atoms with Gasteiger partial charge in [0, 0.05) is 17.3 Å². The van der Waals surface area contributed by atoms with Crippen LogP contribution < -0.4 is 5.73 Å². The first kappa shape index (κ1) is 7.21. The quantitative estimate of drug-likeness (QED) is 0.638. The molecule has 0 aliphatic heterocycles. The van der Waals surface area contributed by atoms with E-state index in [1.54, 1.807) is 12.3 Å². The van der Waals surface area contributed by atoms with Crippen LogP contribution in [0.4, 0.5) is 5.95 Å². The average molecular weight is 230 g/mol. The Bertz CT molecular complexity index is 835. The molecule has 0 unspecified atom stereocenters. The largest absolute Gasteiger partial charge is 0.369 e. The van der Waals surface area contributed by atoms with Crippen LogP contribution in [-0.2, 0) is 6.98 Å². The summed E-state index contributed by atoms with van der Waals surface area (Å²) in [6, 6.07) is 1.80. The van der Waals surface area contributed by atoms with E-state index in [4.69, 9.17) is 9.85 Å². The third-order valence-electron chi connectivity index (χ3n) is 2.78. The van der Waals surface area contributed by atoms with Gasteiger partial charge in [-0.1, -0.05) is 0 Å². The lowest BCUT2D eigenvalue weighted by molar-refractivity contribution is 0.961. The fourth-order valence-electron chi connectivity index (χ4n) is 2.01. The number of imidazole rings is 1. The van der Waals surface area contributed by atoms with Gasteiger partial charge in [-0.15, -0.1) is 0 Å². The summed E-state index contributed by atoms with van der Waals surface area (Å²) in [4.78, 5) is 12.9. The van der Waals surface area contributed by atoms with Crippen LogP contribution in [0, 0.1) is 13.8 Å². The number of nitrogen functional groups attached to an aromatic ring is 1. The third kappa shape index (κ3) is 1.28. The van der Waals surface area contributed by atoms with E-state index in [0.717, 1.165) is 15.8 Å². The number of rotatable bonds is 0. The van der Waals surface area contributed by atoms with E-state index in [0.29, 0.717) is 22.1 Å². The fourth-order valence-corrected chi connectivity index (χ4v) is 2.01. The number of aromatic nitrogens is 4. The molecule has 5 heteroatoms. The van der Waals surface area contributed by atoms with Gasteiger partial charge in [0.15, 0.2) is 0 Å². The zero-order valence-corrected chi connectivity index (χ0v) is 9.52. The molecule has 0 saturated carbocycles. The van der Waals surface area contributed by atoms with Gasteiger partial charge in [0.1, 0.15) is 11.0 Å². The highest BCUT2D eigenvalue weighted by atomic mass is 15.1. The second-order valence-electron chi connectivity index (χ2n) is 4.08.